The molecule has 2 aliphatic rings. The molecule has 24 heavy (non-hydrogen) atoms. The Bertz CT molecular complexity index is 592. The normalized spacial score (nSPS) is 23.8. The highest BCUT2D eigenvalue weighted by atomic mass is 127. The smallest absolute Gasteiger partial charge is 0.193 e. The van der Waals surface area contributed by atoms with Crippen molar-refractivity contribution in [3.05, 3.63) is 17.0 Å². The maximum atomic E-state index is 5.62. The van der Waals surface area contributed by atoms with E-state index < -0.39 is 0 Å². The van der Waals surface area contributed by atoms with Crippen molar-refractivity contribution in [2.75, 3.05) is 39.9 Å². The summed E-state index contributed by atoms with van der Waals surface area (Å²) in [5, 5.41) is 8.02. The Morgan fingerprint density at radius 1 is 1.38 bits per heavy atom. The van der Waals surface area contributed by atoms with Crippen LogP contribution in [0.5, 0.6) is 0 Å². The number of hydrogen-bond donors (Lipinski definition) is 1. The Hall–Kier alpha value is -0.830. The monoisotopic (exact) mass is 447 g/mol. The van der Waals surface area contributed by atoms with E-state index in [9.17, 15) is 0 Å². The molecule has 2 aliphatic heterocycles. The largest absolute Gasteiger partial charge is 0.381 e. The molecule has 1 N–H and O–H groups in total. The molecule has 0 radical (unpaired) electrons. The lowest BCUT2D eigenvalue weighted by atomic mass is 9.87. The lowest BCUT2D eigenvalue weighted by Crippen LogP contribution is -2.42. The number of nitrogens with one attached hydrogen (secondary N) is 1. The fourth-order valence-electron chi connectivity index (χ4n) is 3.90. The molecule has 3 rings (SSSR count). The lowest BCUT2D eigenvalue weighted by molar-refractivity contribution is 0.156. The van der Waals surface area contributed by atoms with Crippen molar-refractivity contribution >= 4 is 29.9 Å². The highest BCUT2D eigenvalue weighted by molar-refractivity contribution is 14.0. The highest BCUT2D eigenvalue weighted by Gasteiger charge is 2.42. The number of rotatable bonds is 3. The van der Waals surface area contributed by atoms with Crippen LogP contribution in [0.1, 0.15) is 29.8 Å². The predicted octanol–water partition coefficient (Wildman–Crippen LogP) is 1.89. The van der Waals surface area contributed by atoms with Gasteiger partial charge in [0.05, 0.1) is 12.3 Å². The van der Waals surface area contributed by atoms with Crippen LogP contribution >= 0.6 is 24.0 Å². The van der Waals surface area contributed by atoms with E-state index in [-0.39, 0.29) is 24.0 Å². The fourth-order valence-corrected chi connectivity index (χ4v) is 3.90. The quantitative estimate of drug-likeness (QED) is 0.437. The number of aryl methyl sites for hydroxylation is 2. The topological polar surface area (TPSA) is 54.7 Å². The van der Waals surface area contributed by atoms with Crippen LogP contribution in [-0.2, 0) is 18.2 Å². The van der Waals surface area contributed by atoms with Crippen molar-refractivity contribution in [2.24, 2.45) is 17.5 Å². The number of guanidine groups is 1. The first-order valence-corrected chi connectivity index (χ1v) is 8.57. The molecule has 1 spiro atoms. The van der Waals surface area contributed by atoms with Gasteiger partial charge in [0.15, 0.2) is 5.96 Å². The van der Waals surface area contributed by atoms with Gasteiger partial charge >= 0.3 is 0 Å². The van der Waals surface area contributed by atoms with Gasteiger partial charge in [-0.05, 0) is 38.7 Å². The molecule has 7 heteroatoms. The van der Waals surface area contributed by atoms with Gasteiger partial charge in [0.2, 0.25) is 0 Å². The zero-order valence-corrected chi connectivity index (χ0v) is 17.6. The van der Waals surface area contributed by atoms with Crippen LogP contribution in [0, 0.1) is 19.3 Å². The van der Waals surface area contributed by atoms with Gasteiger partial charge in [-0.1, -0.05) is 0 Å². The van der Waals surface area contributed by atoms with Gasteiger partial charge in [-0.15, -0.1) is 24.0 Å². The van der Waals surface area contributed by atoms with Crippen molar-refractivity contribution in [1.82, 2.24) is 20.0 Å². The second kappa shape index (κ2) is 8.03. The minimum atomic E-state index is 0. The maximum absolute atomic E-state index is 5.62. The first kappa shape index (κ1) is 19.5. The summed E-state index contributed by atoms with van der Waals surface area (Å²) in [7, 11) is 3.88. The van der Waals surface area contributed by atoms with Gasteiger partial charge in [-0.3, -0.25) is 9.67 Å². The molecule has 1 atom stereocenters. The Labute approximate surface area is 162 Å². The van der Waals surface area contributed by atoms with Crippen LogP contribution in [0.25, 0.3) is 0 Å². The number of halogens is 1. The number of hydrogen-bond acceptors (Lipinski definition) is 3. The van der Waals surface area contributed by atoms with Crippen molar-refractivity contribution < 1.29 is 4.74 Å². The molecule has 1 aromatic heterocycles. The van der Waals surface area contributed by atoms with E-state index in [1.807, 2.05) is 18.8 Å². The van der Waals surface area contributed by atoms with E-state index in [1.54, 1.807) is 0 Å². The Balaban J connectivity index is 0.00000208. The average molecular weight is 447 g/mol. The Morgan fingerprint density at radius 2 is 2.17 bits per heavy atom. The molecule has 0 amide bonds. The van der Waals surface area contributed by atoms with Gasteiger partial charge in [0.25, 0.3) is 0 Å². The van der Waals surface area contributed by atoms with Gasteiger partial charge < -0.3 is 15.0 Å². The van der Waals surface area contributed by atoms with E-state index in [1.165, 1.54) is 24.1 Å². The summed E-state index contributed by atoms with van der Waals surface area (Å²) < 4.78 is 7.58. The summed E-state index contributed by atoms with van der Waals surface area (Å²) in [5.41, 5.74) is 4.10. The molecule has 2 saturated heterocycles. The molecule has 6 nitrogen and oxygen atoms in total. The van der Waals surface area contributed by atoms with Crippen LogP contribution in [0.2, 0.25) is 0 Å². The first-order chi connectivity index (χ1) is 11.0. The highest BCUT2D eigenvalue weighted by Crippen LogP contribution is 2.38. The van der Waals surface area contributed by atoms with Gasteiger partial charge in [0.1, 0.15) is 0 Å². The third-order valence-corrected chi connectivity index (χ3v) is 5.45. The molecule has 0 aromatic carbocycles. The summed E-state index contributed by atoms with van der Waals surface area (Å²) in [6.07, 6.45) is 3.38. The lowest BCUT2D eigenvalue weighted by Gasteiger charge is -2.25. The molecule has 2 fully saturated rings. The molecule has 0 aliphatic carbocycles. The third kappa shape index (κ3) is 3.87. The van der Waals surface area contributed by atoms with Crippen molar-refractivity contribution in [1.29, 1.82) is 0 Å². The Morgan fingerprint density at radius 3 is 2.75 bits per heavy atom. The molecular formula is C17H30IN5O. The average Bonchev–Trinajstić information content (AvgIpc) is 3.22. The zero-order chi connectivity index (χ0) is 16.4. The zero-order valence-electron chi connectivity index (χ0n) is 15.3. The van der Waals surface area contributed by atoms with E-state index in [2.05, 4.69) is 34.2 Å². The number of aliphatic imine (C=N–C) groups is 1. The van der Waals surface area contributed by atoms with Crippen LogP contribution in [0.4, 0.5) is 0 Å². The molecule has 136 valence electrons. The Kier molecular flexibility index (Phi) is 6.52. The van der Waals surface area contributed by atoms with Gasteiger partial charge in [0, 0.05) is 51.4 Å². The standard InChI is InChI=1S/C17H29N5O.HI/c1-13-15(14(2)21(4)20-13)5-8-19-16(18-3)22-9-6-17(11-22)7-10-23-12-17;/h5-12H2,1-4H3,(H,18,19);1H. The number of nitrogens with zero attached hydrogens (tertiary/aromatic N) is 4. The minimum absolute atomic E-state index is 0. The van der Waals surface area contributed by atoms with Crippen LogP contribution < -0.4 is 5.32 Å². The SMILES string of the molecule is CN=C(NCCc1c(C)nn(C)c1C)N1CCC2(CCOC2)C1.I. The predicted molar refractivity (Wildman–Crippen MR) is 107 cm³/mol. The molecule has 0 bridgehead atoms. The number of ether oxygens (including phenoxy) is 1. The van der Waals surface area contributed by atoms with Crippen LogP contribution in [0.15, 0.2) is 4.99 Å². The number of likely N-dealkylation sites (tertiary alicyclic amines) is 1. The summed E-state index contributed by atoms with van der Waals surface area (Å²) in [5.74, 6) is 1.02. The van der Waals surface area contributed by atoms with Gasteiger partial charge in [-0.2, -0.15) is 5.10 Å². The minimum Gasteiger partial charge on any atom is -0.381 e. The van der Waals surface area contributed by atoms with Gasteiger partial charge in [-0.25, -0.2) is 0 Å². The van der Waals surface area contributed by atoms with E-state index >= 15 is 0 Å². The molecule has 1 aromatic rings. The second-order valence-corrected chi connectivity index (χ2v) is 6.97. The van der Waals surface area contributed by atoms with Crippen molar-refractivity contribution in [3.8, 4) is 0 Å². The summed E-state index contributed by atoms with van der Waals surface area (Å²) in [6, 6.07) is 0. The number of aromatic nitrogens is 2. The molecule has 3 heterocycles. The van der Waals surface area contributed by atoms with E-state index in [0.29, 0.717) is 5.41 Å². The van der Waals surface area contributed by atoms with Crippen LogP contribution in [-0.4, -0.2) is 60.5 Å². The molecular weight excluding hydrogens is 417 g/mol. The summed E-state index contributed by atoms with van der Waals surface area (Å²) in [6.45, 7) is 9.08. The summed E-state index contributed by atoms with van der Waals surface area (Å²) >= 11 is 0. The molecule has 1 unspecified atom stereocenters. The second-order valence-electron chi connectivity index (χ2n) is 6.97. The summed E-state index contributed by atoms with van der Waals surface area (Å²) in [4.78, 5) is 6.86. The van der Waals surface area contributed by atoms with Crippen molar-refractivity contribution in [3.63, 3.8) is 0 Å². The third-order valence-electron chi connectivity index (χ3n) is 5.45. The van der Waals surface area contributed by atoms with E-state index in [4.69, 9.17) is 4.74 Å². The fraction of sp³-hybridized carbons (Fsp3) is 0.765. The van der Waals surface area contributed by atoms with E-state index in [0.717, 1.165) is 50.9 Å². The maximum Gasteiger partial charge on any atom is 0.193 e. The van der Waals surface area contributed by atoms with Crippen molar-refractivity contribution in [2.45, 2.75) is 33.1 Å². The first-order valence-electron chi connectivity index (χ1n) is 8.57. The van der Waals surface area contributed by atoms with Crippen LogP contribution in [0.3, 0.4) is 0 Å². The molecule has 0 saturated carbocycles.